The first-order valence-electron chi connectivity index (χ1n) is 7.58. The van der Waals surface area contributed by atoms with Gasteiger partial charge < -0.3 is 10.2 Å². The van der Waals surface area contributed by atoms with E-state index in [-0.39, 0.29) is 0 Å². The van der Waals surface area contributed by atoms with Crippen molar-refractivity contribution >= 4 is 21.7 Å². The highest BCUT2D eigenvalue weighted by molar-refractivity contribution is 9.10. The van der Waals surface area contributed by atoms with Crippen LogP contribution >= 0.6 is 15.9 Å². The first-order valence-corrected chi connectivity index (χ1v) is 8.37. The standard InChI is InChI=1S/C15H25BrN4/c1-11(2)15-18-13(16)9-14(19-15)17-12(3)10-20-7-5-4-6-8-20/h9,11-12H,4-8,10H2,1-3H3,(H,17,18,19). The van der Waals surface area contributed by atoms with Crippen molar-refractivity contribution in [1.82, 2.24) is 14.9 Å². The summed E-state index contributed by atoms with van der Waals surface area (Å²) in [7, 11) is 0. The van der Waals surface area contributed by atoms with E-state index in [0.29, 0.717) is 12.0 Å². The average Bonchev–Trinajstić information content (AvgIpc) is 2.38. The van der Waals surface area contributed by atoms with E-state index in [4.69, 9.17) is 0 Å². The Hall–Kier alpha value is -0.680. The molecule has 20 heavy (non-hydrogen) atoms. The molecule has 112 valence electrons. The van der Waals surface area contributed by atoms with Gasteiger partial charge in [0.1, 0.15) is 16.2 Å². The summed E-state index contributed by atoms with van der Waals surface area (Å²) in [5.41, 5.74) is 0. The smallest absolute Gasteiger partial charge is 0.134 e. The highest BCUT2D eigenvalue weighted by atomic mass is 79.9. The van der Waals surface area contributed by atoms with Gasteiger partial charge >= 0.3 is 0 Å². The molecule has 1 aromatic heterocycles. The zero-order valence-electron chi connectivity index (χ0n) is 12.7. The Balaban J connectivity index is 1.94. The summed E-state index contributed by atoms with van der Waals surface area (Å²) < 4.78 is 0.851. The number of anilines is 1. The van der Waals surface area contributed by atoms with E-state index in [1.807, 2.05) is 6.07 Å². The van der Waals surface area contributed by atoms with Crippen molar-refractivity contribution < 1.29 is 0 Å². The zero-order valence-corrected chi connectivity index (χ0v) is 14.3. The van der Waals surface area contributed by atoms with Crippen molar-refractivity contribution in [3.05, 3.63) is 16.5 Å². The minimum Gasteiger partial charge on any atom is -0.366 e. The first-order chi connectivity index (χ1) is 9.54. The van der Waals surface area contributed by atoms with E-state index in [2.05, 4.69) is 56.9 Å². The summed E-state index contributed by atoms with van der Waals surface area (Å²) in [4.78, 5) is 11.5. The van der Waals surface area contributed by atoms with Crippen LogP contribution in [0.5, 0.6) is 0 Å². The molecule has 1 aromatic rings. The number of halogens is 1. The fourth-order valence-electron chi connectivity index (χ4n) is 2.59. The van der Waals surface area contributed by atoms with Crippen LogP contribution in [-0.4, -0.2) is 40.5 Å². The second-order valence-corrected chi connectivity index (χ2v) is 6.81. The largest absolute Gasteiger partial charge is 0.366 e. The van der Waals surface area contributed by atoms with E-state index < -0.39 is 0 Å². The summed E-state index contributed by atoms with van der Waals surface area (Å²) in [6.45, 7) is 10.00. The van der Waals surface area contributed by atoms with Gasteiger partial charge in [0, 0.05) is 24.6 Å². The van der Waals surface area contributed by atoms with Gasteiger partial charge in [0.25, 0.3) is 0 Å². The Bertz CT molecular complexity index is 430. The van der Waals surface area contributed by atoms with Crippen LogP contribution in [0.3, 0.4) is 0 Å². The first kappa shape index (κ1) is 15.7. The van der Waals surface area contributed by atoms with Gasteiger partial charge in [-0.05, 0) is 48.8 Å². The predicted molar refractivity (Wildman–Crippen MR) is 87.2 cm³/mol. The van der Waals surface area contributed by atoms with Gasteiger partial charge in [-0.1, -0.05) is 20.3 Å². The third kappa shape index (κ3) is 4.70. The molecule has 1 fully saturated rings. The van der Waals surface area contributed by atoms with Gasteiger partial charge in [-0.3, -0.25) is 0 Å². The maximum absolute atomic E-state index is 4.60. The highest BCUT2D eigenvalue weighted by Gasteiger charge is 2.14. The van der Waals surface area contributed by atoms with Crippen LogP contribution < -0.4 is 5.32 Å². The second kappa shape index (κ2) is 7.36. The number of hydrogen-bond donors (Lipinski definition) is 1. The highest BCUT2D eigenvalue weighted by Crippen LogP contribution is 2.18. The molecule has 1 aliphatic rings. The van der Waals surface area contributed by atoms with Crippen LogP contribution in [0.2, 0.25) is 0 Å². The average molecular weight is 341 g/mol. The number of nitrogens with zero attached hydrogens (tertiary/aromatic N) is 3. The Morgan fingerprint density at radius 2 is 1.90 bits per heavy atom. The van der Waals surface area contributed by atoms with E-state index >= 15 is 0 Å². The van der Waals surface area contributed by atoms with Crippen molar-refractivity contribution in [2.45, 2.75) is 52.0 Å². The maximum atomic E-state index is 4.60. The van der Waals surface area contributed by atoms with E-state index in [1.165, 1.54) is 32.4 Å². The molecule has 2 heterocycles. The molecule has 5 heteroatoms. The lowest BCUT2D eigenvalue weighted by Crippen LogP contribution is -2.38. The van der Waals surface area contributed by atoms with Crippen LogP contribution in [0.15, 0.2) is 10.7 Å². The third-order valence-corrected chi connectivity index (χ3v) is 4.01. The molecule has 2 rings (SSSR count). The fraction of sp³-hybridized carbons (Fsp3) is 0.733. The van der Waals surface area contributed by atoms with E-state index in [1.54, 1.807) is 0 Å². The van der Waals surface area contributed by atoms with Crippen LogP contribution in [-0.2, 0) is 0 Å². The van der Waals surface area contributed by atoms with Crippen LogP contribution in [0, 0.1) is 0 Å². The normalized spacial score (nSPS) is 18.2. The van der Waals surface area contributed by atoms with Gasteiger partial charge in [-0.15, -0.1) is 0 Å². The second-order valence-electron chi connectivity index (χ2n) is 6.00. The Kier molecular flexibility index (Phi) is 5.78. The minimum atomic E-state index is 0.338. The van der Waals surface area contributed by atoms with Gasteiger partial charge in [-0.25, -0.2) is 9.97 Å². The molecule has 0 spiro atoms. The molecular weight excluding hydrogens is 316 g/mol. The molecule has 0 radical (unpaired) electrons. The minimum absolute atomic E-state index is 0.338. The summed E-state index contributed by atoms with van der Waals surface area (Å²) in [5.74, 6) is 2.14. The van der Waals surface area contributed by atoms with Gasteiger partial charge in [0.05, 0.1) is 0 Å². The van der Waals surface area contributed by atoms with E-state index in [0.717, 1.165) is 22.8 Å². The van der Waals surface area contributed by atoms with Gasteiger partial charge in [0.15, 0.2) is 0 Å². The summed E-state index contributed by atoms with van der Waals surface area (Å²) in [6, 6.07) is 2.35. The molecule has 0 bridgehead atoms. The molecule has 0 amide bonds. The van der Waals surface area contributed by atoms with Crippen molar-refractivity contribution in [2.24, 2.45) is 0 Å². The molecule has 1 unspecified atom stereocenters. The van der Waals surface area contributed by atoms with Crippen LogP contribution in [0.1, 0.15) is 51.8 Å². The van der Waals surface area contributed by atoms with Crippen molar-refractivity contribution in [3.63, 3.8) is 0 Å². The molecule has 0 aliphatic carbocycles. The summed E-state index contributed by atoms with van der Waals surface area (Å²) in [5, 5.41) is 3.50. The molecule has 1 atom stereocenters. The van der Waals surface area contributed by atoms with Crippen molar-refractivity contribution in [3.8, 4) is 0 Å². The lowest BCUT2D eigenvalue weighted by molar-refractivity contribution is 0.223. The van der Waals surface area contributed by atoms with Gasteiger partial charge in [-0.2, -0.15) is 0 Å². The third-order valence-electron chi connectivity index (χ3n) is 3.60. The monoisotopic (exact) mass is 340 g/mol. The predicted octanol–water partition coefficient (Wildman–Crippen LogP) is 3.65. The Morgan fingerprint density at radius 1 is 1.20 bits per heavy atom. The summed E-state index contributed by atoms with van der Waals surface area (Å²) >= 11 is 3.47. The topological polar surface area (TPSA) is 41.0 Å². The maximum Gasteiger partial charge on any atom is 0.134 e. The Morgan fingerprint density at radius 3 is 2.55 bits per heavy atom. The van der Waals surface area contributed by atoms with Gasteiger partial charge in [0.2, 0.25) is 0 Å². The van der Waals surface area contributed by atoms with Crippen LogP contribution in [0.25, 0.3) is 0 Å². The number of piperidine rings is 1. The number of nitrogens with one attached hydrogen (secondary N) is 1. The summed E-state index contributed by atoms with van der Waals surface area (Å²) in [6.07, 6.45) is 4.06. The molecule has 0 aromatic carbocycles. The van der Waals surface area contributed by atoms with E-state index in [9.17, 15) is 0 Å². The molecule has 4 nitrogen and oxygen atoms in total. The molecule has 1 N–H and O–H groups in total. The molecule has 1 aliphatic heterocycles. The molecule has 1 saturated heterocycles. The quantitative estimate of drug-likeness (QED) is 0.830. The zero-order chi connectivity index (χ0) is 14.5. The number of rotatable bonds is 5. The number of aromatic nitrogens is 2. The van der Waals surface area contributed by atoms with Crippen molar-refractivity contribution in [2.75, 3.05) is 25.0 Å². The van der Waals surface area contributed by atoms with Crippen molar-refractivity contribution in [1.29, 1.82) is 0 Å². The SMILES string of the molecule is CC(CN1CCCCC1)Nc1cc(Br)nc(C(C)C)n1. The molecule has 0 saturated carbocycles. The Labute approximate surface area is 130 Å². The van der Waals surface area contributed by atoms with Crippen LogP contribution in [0.4, 0.5) is 5.82 Å². The number of hydrogen-bond acceptors (Lipinski definition) is 4. The fourth-order valence-corrected chi connectivity index (χ4v) is 2.99. The lowest BCUT2D eigenvalue weighted by Gasteiger charge is -2.29. The lowest BCUT2D eigenvalue weighted by atomic mass is 10.1. The molecular formula is C15H25BrN4. The number of likely N-dealkylation sites (tertiary alicyclic amines) is 1.